The zero-order chi connectivity index (χ0) is 17.4. The van der Waals surface area contributed by atoms with Gasteiger partial charge in [-0.1, -0.05) is 18.6 Å². The van der Waals surface area contributed by atoms with Gasteiger partial charge in [0.15, 0.2) is 0 Å². The van der Waals surface area contributed by atoms with Crippen LogP contribution in [-0.4, -0.2) is 23.0 Å². The Morgan fingerprint density at radius 2 is 1.85 bits per heavy atom. The minimum absolute atomic E-state index is 0. The highest BCUT2D eigenvalue weighted by Crippen LogP contribution is 2.39. The maximum Gasteiger partial charge on any atom is 0.271 e. The SMILES string of the molecule is Cl.Cl.NC1CC2CCCC(C1)C2NC(=O)c1csc(-c2ccccc2F)n1. The maximum atomic E-state index is 13.9. The summed E-state index contributed by atoms with van der Waals surface area (Å²) in [5, 5.41) is 5.44. The first-order chi connectivity index (χ1) is 12.1. The molecule has 4 rings (SSSR count). The lowest BCUT2D eigenvalue weighted by atomic mass is 9.67. The number of rotatable bonds is 3. The van der Waals surface area contributed by atoms with E-state index in [0.717, 1.165) is 25.7 Å². The fourth-order valence-corrected chi connectivity index (χ4v) is 5.21. The van der Waals surface area contributed by atoms with E-state index in [1.165, 1.54) is 23.8 Å². The lowest BCUT2D eigenvalue weighted by Gasteiger charge is -2.45. The van der Waals surface area contributed by atoms with Crippen LogP contribution in [0.3, 0.4) is 0 Å². The van der Waals surface area contributed by atoms with Crippen molar-refractivity contribution in [3.8, 4) is 10.6 Å². The second-order valence-electron chi connectivity index (χ2n) is 7.20. The molecule has 1 heterocycles. The van der Waals surface area contributed by atoms with Crippen molar-refractivity contribution in [3.63, 3.8) is 0 Å². The smallest absolute Gasteiger partial charge is 0.271 e. The third kappa shape index (κ3) is 4.62. The first-order valence-electron chi connectivity index (χ1n) is 8.88. The number of nitrogens with two attached hydrogens (primary N) is 1. The Bertz CT molecular complexity index is 774. The van der Waals surface area contributed by atoms with Crippen LogP contribution < -0.4 is 11.1 Å². The highest BCUT2D eigenvalue weighted by molar-refractivity contribution is 7.13. The summed E-state index contributed by atoms with van der Waals surface area (Å²) in [4.78, 5) is 17.0. The number of aromatic nitrogens is 1. The molecule has 2 fully saturated rings. The molecule has 2 aromatic rings. The number of hydrogen-bond donors (Lipinski definition) is 2. The third-order valence-corrected chi connectivity index (χ3v) is 6.39. The zero-order valence-corrected chi connectivity index (χ0v) is 17.2. The largest absolute Gasteiger partial charge is 0.347 e. The van der Waals surface area contributed by atoms with E-state index in [4.69, 9.17) is 5.73 Å². The van der Waals surface area contributed by atoms with Crippen molar-refractivity contribution in [1.82, 2.24) is 10.3 Å². The second-order valence-corrected chi connectivity index (χ2v) is 8.06. The molecule has 148 valence electrons. The number of fused-ring (bicyclic) bond motifs is 2. The molecule has 2 saturated carbocycles. The normalized spacial score (nSPS) is 26.4. The number of carbonyl (C=O) groups excluding carboxylic acids is 1. The van der Waals surface area contributed by atoms with Gasteiger partial charge in [0.25, 0.3) is 5.91 Å². The van der Waals surface area contributed by atoms with E-state index in [9.17, 15) is 9.18 Å². The number of hydrogen-bond acceptors (Lipinski definition) is 4. The number of nitrogens with one attached hydrogen (secondary N) is 1. The van der Waals surface area contributed by atoms with Gasteiger partial charge in [0.2, 0.25) is 0 Å². The molecule has 0 aliphatic heterocycles. The molecule has 27 heavy (non-hydrogen) atoms. The van der Waals surface area contributed by atoms with Gasteiger partial charge in [-0.25, -0.2) is 9.37 Å². The van der Waals surface area contributed by atoms with E-state index in [2.05, 4.69) is 10.3 Å². The Morgan fingerprint density at radius 3 is 2.52 bits per heavy atom. The van der Waals surface area contributed by atoms with Crippen molar-refractivity contribution in [2.24, 2.45) is 17.6 Å². The molecule has 3 N–H and O–H groups in total. The van der Waals surface area contributed by atoms with Crippen LogP contribution in [0.4, 0.5) is 4.39 Å². The van der Waals surface area contributed by atoms with E-state index >= 15 is 0 Å². The molecule has 1 aromatic carbocycles. The standard InChI is InChI=1S/C19H22FN3OS.2ClH/c20-15-7-2-1-6-14(15)19-22-16(10-25-19)18(24)23-17-11-4-3-5-12(17)9-13(21)8-11;;/h1-2,6-7,10-13,17H,3-5,8-9,21H2,(H,23,24);2*1H. The van der Waals surface area contributed by atoms with Gasteiger partial charge in [-0.05, 0) is 49.7 Å². The van der Waals surface area contributed by atoms with Gasteiger partial charge in [0.05, 0.1) is 0 Å². The van der Waals surface area contributed by atoms with E-state index in [1.54, 1.807) is 23.6 Å². The fourth-order valence-electron chi connectivity index (χ4n) is 4.39. The Morgan fingerprint density at radius 1 is 1.19 bits per heavy atom. The second kappa shape index (κ2) is 9.32. The minimum Gasteiger partial charge on any atom is -0.347 e. The summed E-state index contributed by atoms with van der Waals surface area (Å²) in [6.45, 7) is 0. The molecule has 8 heteroatoms. The van der Waals surface area contributed by atoms with Gasteiger partial charge < -0.3 is 11.1 Å². The molecular formula is C19H24Cl2FN3OS. The summed E-state index contributed by atoms with van der Waals surface area (Å²) in [5.41, 5.74) is 6.96. The Balaban J connectivity index is 0.00000131. The van der Waals surface area contributed by atoms with Gasteiger partial charge in [-0.2, -0.15) is 0 Å². The van der Waals surface area contributed by atoms with E-state index in [0.29, 0.717) is 28.1 Å². The number of thiazole rings is 1. The predicted octanol–water partition coefficient (Wildman–Crippen LogP) is 4.43. The highest BCUT2D eigenvalue weighted by atomic mass is 35.5. The van der Waals surface area contributed by atoms with Gasteiger partial charge >= 0.3 is 0 Å². The molecule has 4 nitrogen and oxygen atoms in total. The van der Waals surface area contributed by atoms with Crippen LogP contribution in [0.2, 0.25) is 0 Å². The molecule has 1 aromatic heterocycles. The molecule has 2 aliphatic carbocycles. The van der Waals surface area contributed by atoms with Gasteiger partial charge in [0, 0.05) is 23.0 Å². The molecule has 2 bridgehead atoms. The van der Waals surface area contributed by atoms with Gasteiger partial charge in [-0.3, -0.25) is 4.79 Å². The van der Waals surface area contributed by atoms with Crippen molar-refractivity contribution in [3.05, 3.63) is 41.2 Å². The molecule has 0 saturated heterocycles. The van der Waals surface area contributed by atoms with Crippen LogP contribution in [0, 0.1) is 17.7 Å². The summed E-state index contributed by atoms with van der Waals surface area (Å²) in [6.07, 6.45) is 5.46. The quantitative estimate of drug-likeness (QED) is 0.754. The van der Waals surface area contributed by atoms with E-state index in [1.807, 2.05) is 0 Å². The van der Waals surface area contributed by atoms with Crippen molar-refractivity contribution < 1.29 is 9.18 Å². The van der Waals surface area contributed by atoms with Crippen LogP contribution in [0.15, 0.2) is 29.6 Å². The van der Waals surface area contributed by atoms with Crippen molar-refractivity contribution >= 4 is 42.1 Å². The average Bonchev–Trinajstić information content (AvgIpc) is 3.06. The third-order valence-electron chi connectivity index (χ3n) is 5.52. The van der Waals surface area contributed by atoms with Gasteiger partial charge in [0.1, 0.15) is 16.5 Å². The highest BCUT2D eigenvalue weighted by Gasteiger charge is 2.40. The zero-order valence-electron chi connectivity index (χ0n) is 14.8. The molecule has 2 unspecified atom stereocenters. The summed E-state index contributed by atoms with van der Waals surface area (Å²) in [6, 6.07) is 6.96. The number of amides is 1. The predicted molar refractivity (Wildman–Crippen MR) is 111 cm³/mol. The maximum absolute atomic E-state index is 13.9. The monoisotopic (exact) mass is 431 g/mol. The van der Waals surface area contributed by atoms with E-state index in [-0.39, 0.29) is 48.6 Å². The molecular weight excluding hydrogens is 408 g/mol. The first kappa shape index (κ1) is 22.1. The van der Waals surface area contributed by atoms with Gasteiger partial charge in [-0.15, -0.1) is 36.2 Å². The molecule has 2 aliphatic rings. The Kier molecular flexibility index (Phi) is 7.63. The van der Waals surface area contributed by atoms with Crippen LogP contribution in [0.25, 0.3) is 10.6 Å². The van der Waals surface area contributed by atoms with Crippen LogP contribution in [-0.2, 0) is 0 Å². The van der Waals surface area contributed by atoms with Crippen LogP contribution in [0.1, 0.15) is 42.6 Å². The summed E-state index contributed by atoms with van der Waals surface area (Å²) >= 11 is 1.30. The Hall–Kier alpha value is -1.21. The Labute approximate surface area is 175 Å². The van der Waals surface area contributed by atoms with Crippen molar-refractivity contribution in [2.75, 3.05) is 0 Å². The van der Waals surface area contributed by atoms with E-state index < -0.39 is 0 Å². The van der Waals surface area contributed by atoms with Crippen LogP contribution in [0.5, 0.6) is 0 Å². The minimum atomic E-state index is -0.320. The first-order valence-corrected chi connectivity index (χ1v) is 9.76. The lowest BCUT2D eigenvalue weighted by Crippen LogP contribution is -2.53. The van der Waals surface area contributed by atoms with Crippen molar-refractivity contribution in [2.45, 2.75) is 44.2 Å². The molecule has 1 amide bonds. The summed E-state index contributed by atoms with van der Waals surface area (Å²) in [5.74, 6) is 0.461. The topological polar surface area (TPSA) is 68.0 Å². The number of carbonyl (C=O) groups is 1. The fraction of sp³-hybridized carbons (Fsp3) is 0.474. The molecule has 0 radical (unpaired) electrons. The van der Waals surface area contributed by atoms with Crippen LogP contribution >= 0.6 is 36.2 Å². The average molecular weight is 432 g/mol. The van der Waals surface area contributed by atoms with Crippen molar-refractivity contribution in [1.29, 1.82) is 0 Å². The summed E-state index contributed by atoms with van der Waals surface area (Å²) in [7, 11) is 0. The number of halogens is 3. The summed E-state index contributed by atoms with van der Waals surface area (Å²) < 4.78 is 13.9. The molecule has 0 spiro atoms. The number of benzene rings is 1. The molecule has 2 atom stereocenters. The number of nitrogens with zero attached hydrogens (tertiary/aromatic N) is 1. The lowest BCUT2D eigenvalue weighted by molar-refractivity contribution is 0.0752.